The maximum Gasteiger partial charge on any atom is 0.255 e. The van der Waals surface area contributed by atoms with Crippen molar-refractivity contribution in [3.8, 4) is 62.0 Å². The number of rotatable bonds is 8. The number of methoxy groups -OCH3 is 1. The highest BCUT2D eigenvalue weighted by Crippen LogP contribution is 2.50. The normalized spacial score (nSPS) is 12.4. The Hall–Kier alpha value is -7.83. The van der Waals surface area contributed by atoms with Crippen LogP contribution in [-0.2, 0) is 13.1 Å². The first-order valence-corrected chi connectivity index (χ1v) is 21.9. The van der Waals surface area contributed by atoms with Crippen LogP contribution in [0.25, 0.3) is 105 Å². The van der Waals surface area contributed by atoms with Crippen LogP contribution in [0.15, 0.2) is 182 Å². The van der Waals surface area contributed by atoms with Gasteiger partial charge < -0.3 is 9.47 Å². The fourth-order valence-electron chi connectivity index (χ4n) is 10.1. The van der Waals surface area contributed by atoms with Gasteiger partial charge in [-0.15, -0.1) is 0 Å². The van der Waals surface area contributed by atoms with Crippen molar-refractivity contribution in [3.05, 3.63) is 182 Å². The van der Waals surface area contributed by atoms with Crippen molar-refractivity contribution in [2.75, 3.05) is 13.7 Å². The summed E-state index contributed by atoms with van der Waals surface area (Å²) < 4.78 is 20.1. The molecule has 12 rings (SSSR count). The van der Waals surface area contributed by atoms with E-state index in [1.54, 1.807) is 0 Å². The zero-order valence-corrected chi connectivity index (χ0v) is 35.3. The molecular weight excluding hydrogens is 773 g/mol. The van der Waals surface area contributed by atoms with Crippen LogP contribution in [0.1, 0.15) is 13.3 Å². The molecule has 302 valence electrons. The lowest BCUT2D eigenvalue weighted by Crippen LogP contribution is -2.40. The van der Waals surface area contributed by atoms with Gasteiger partial charge in [-0.05, 0) is 99.4 Å². The predicted octanol–water partition coefficient (Wildman–Crippen LogP) is 12.7. The van der Waals surface area contributed by atoms with E-state index in [0.717, 1.165) is 120 Å². The molecular formula is C57H44N4O2+2. The van der Waals surface area contributed by atoms with Crippen LogP contribution in [0.3, 0.4) is 0 Å². The van der Waals surface area contributed by atoms with Crippen molar-refractivity contribution in [1.29, 1.82) is 0 Å². The fraction of sp³-hybridized carbons (Fsp3) is 0.105. The van der Waals surface area contributed by atoms with Crippen molar-refractivity contribution in [1.82, 2.24) is 9.55 Å². The molecule has 6 nitrogen and oxygen atoms in total. The molecule has 0 aliphatic carbocycles. The molecule has 0 fully saturated rings. The Kier molecular flexibility index (Phi) is 8.78. The molecule has 1 aliphatic heterocycles. The highest BCUT2D eigenvalue weighted by atomic mass is 16.5. The Morgan fingerprint density at radius 3 is 2.06 bits per heavy atom. The number of fused-ring (bicyclic) bond motifs is 4. The first kappa shape index (κ1) is 37.0. The van der Waals surface area contributed by atoms with E-state index in [0.29, 0.717) is 6.61 Å². The van der Waals surface area contributed by atoms with Crippen LogP contribution in [0.4, 0.5) is 0 Å². The van der Waals surface area contributed by atoms with Gasteiger partial charge in [0.15, 0.2) is 30.4 Å². The SMILES string of the molecule is CCC[n+]1cccc2ccc(-c3c4ccccc4c(-c4ccc5ccc[n+]6c5c4OCC6)c4ccc(-c5ccc(-c6nc7ccccc7n6-c6ccccc6)cc5)cc34)c(OC)c21. The third-order valence-corrected chi connectivity index (χ3v) is 12.8. The molecule has 3 aromatic heterocycles. The van der Waals surface area contributed by atoms with Gasteiger partial charge in [-0.1, -0.05) is 97.9 Å². The summed E-state index contributed by atoms with van der Waals surface area (Å²) in [7, 11) is 1.81. The second-order valence-electron chi connectivity index (χ2n) is 16.4. The minimum Gasteiger partial charge on any atom is -0.490 e. The van der Waals surface area contributed by atoms with Crippen LogP contribution in [0.5, 0.6) is 11.5 Å². The number of pyridine rings is 2. The van der Waals surface area contributed by atoms with E-state index < -0.39 is 0 Å². The van der Waals surface area contributed by atoms with Gasteiger partial charge in [-0.25, -0.2) is 4.98 Å². The van der Waals surface area contributed by atoms with Gasteiger partial charge in [0.25, 0.3) is 11.0 Å². The van der Waals surface area contributed by atoms with E-state index in [1.165, 1.54) is 16.3 Å². The van der Waals surface area contributed by atoms with E-state index in [1.807, 2.05) is 7.11 Å². The number of hydrogen-bond acceptors (Lipinski definition) is 3. The topological polar surface area (TPSA) is 44.0 Å². The average molecular weight is 817 g/mol. The molecule has 0 unspecified atom stereocenters. The molecule has 0 N–H and O–H groups in total. The lowest BCUT2D eigenvalue weighted by molar-refractivity contribution is -0.676. The molecule has 0 bridgehead atoms. The van der Waals surface area contributed by atoms with Gasteiger partial charge in [0.1, 0.15) is 19.0 Å². The zero-order chi connectivity index (χ0) is 42.0. The van der Waals surface area contributed by atoms with Gasteiger partial charge in [0.05, 0.1) is 28.9 Å². The summed E-state index contributed by atoms with van der Waals surface area (Å²) in [5, 5.41) is 6.96. The van der Waals surface area contributed by atoms with E-state index in [2.05, 4.69) is 203 Å². The maximum atomic E-state index is 6.66. The average Bonchev–Trinajstić information content (AvgIpc) is 3.74. The summed E-state index contributed by atoms with van der Waals surface area (Å²) in [4.78, 5) is 5.15. The largest absolute Gasteiger partial charge is 0.490 e. The Bertz CT molecular complexity index is 3590. The third kappa shape index (κ3) is 5.89. The number of benzene rings is 8. The van der Waals surface area contributed by atoms with Crippen LogP contribution < -0.4 is 18.6 Å². The molecule has 0 amide bonds. The monoisotopic (exact) mass is 816 g/mol. The van der Waals surface area contributed by atoms with Crippen LogP contribution in [0, 0.1) is 0 Å². The van der Waals surface area contributed by atoms with E-state index >= 15 is 0 Å². The number of aromatic nitrogens is 4. The van der Waals surface area contributed by atoms with E-state index in [9.17, 15) is 0 Å². The smallest absolute Gasteiger partial charge is 0.255 e. The summed E-state index contributed by atoms with van der Waals surface area (Å²) in [6, 6.07) is 61.2. The molecule has 0 saturated heterocycles. The molecule has 6 heteroatoms. The summed E-state index contributed by atoms with van der Waals surface area (Å²) >= 11 is 0. The third-order valence-electron chi connectivity index (χ3n) is 12.8. The van der Waals surface area contributed by atoms with Crippen molar-refractivity contribution in [2.45, 2.75) is 26.4 Å². The molecule has 0 atom stereocenters. The second kappa shape index (κ2) is 15.0. The van der Waals surface area contributed by atoms with Crippen molar-refractivity contribution < 1.29 is 18.6 Å². The molecule has 0 radical (unpaired) electrons. The predicted molar refractivity (Wildman–Crippen MR) is 256 cm³/mol. The number of para-hydroxylation sites is 3. The molecule has 11 aromatic rings. The molecule has 0 spiro atoms. The number of imidazole rings is 1. The van der Waals surface area contributed by atoms with Crippen molar-refractivity contribution >= 4 is 54.4 Å². The minimum atomic E-state index is 0.621. The van der Waals surface area contributed by atoms with Crippen molar-refractivity contribution in [2.24, 2.45) is 0 Å². The summed E-state index contributed by atoms with van der Waals surface area (Å²) in [6.45, 7) is 4.56. The zero-order valence-electron chi connectivity index (χ0n) is 35.3. The fourth-order valence-corrected chi connectivity index (χ4v) is 10.1. The lowest BCUT2D eigenvalue weighted by Gasteiger charge is -2.22. The van der Waals surface area contributed by atoms with E-state index in [-0.39, 0.29) is 0 Å². The van der Waals surface area contributed by atoms with Crippen LogP contribution >= 0.6 is 0 Å². The van der Waals surface area contributed by atoms with Gasteiger partial charge in [-0.2, -0.15) is 9.13 Å². The lowest BCUT2D eigenvalue weighted by atomic mass is 9.84. The number of hydrogen-bond donors (Lipinski definition) is 0. The van der Waals surface area contributed by atoms with Gasteiger partial charge in [-0.3, -0.25) is 4.57 Å². The Balaban J connectivity index is 1.12. The Morgan fingerprint density at radius 2 is 1.27 bits per heavy atom. The first-order chi connectivity index (χ1) is 31.2. The number of ether oxygens (including phenoxy) is 2. The molecule has 8 aromatic carbocycles. The highest BCUT2D eigenvalue weighted by molar-refractivity contribution is 6.23. The number of nitrogens with zero attached hydrogens (tertiary/aromatic N) is 4. The molecule has 63 heavy (non-hydrogen) atoms. The van der Waals surface area contributed by atoms with Gasteiger partial charge >= 0.3 is 0 Å². The standard InChI is InChI=1S/C57H44N4O2/c1-3-31-59-32-11-13-38-25-29-46(55(62-2)53(38)59)52-44-18-8-7-17-43(44)51(47-30-26-39-14-12-33-60-34-35-63-56(47)54(39)60)45-28-27-41(36-48(45)52)37-21-23-40(24-22-37)57-58-49-19-9-10-20-50(49)61(57)42-15-5-4-6-16-42/h4-30,32-33,36H,3,31,34-35H2,1-2H3/q+2. The van der Waals surface area contributed by atoms with Crippen molar-refractivity contribution in [3.63, 3.8) is 0 Å². The number of aryl methyl sites for hydroxylation is 1. The highest BCUT2D eigenvalue weighted by Gasteiger charge is 2.29. The second-order valence-corrected chi connectivity index (χ2v) is 16.4. The maximum absolute atomic E-state index is 6.66. The summed E-state index contributed by atoms with van der Waals surface area (Å²) in [6.07, 6.45) is 5.36. The Labute approximate surface area is 365 Å². The summed E-state index contributed by atoms with van der Waals surface area (Å²) in [5.41, 5.74) is 13.2. The van der Waals surface area contributed by atoms with Gasteiger partial charge in [0, 0.05) is 52.1 Å². The molecule has 0 saturated carbocycles. The van der Waals surface area contributed by atoms with E-state index in [4.69, 9.17) is 14.5 Å². The van der Waals surface area contributed by atoms with Gasteiger partial charge in [0.2, 0.25) is 0 Å². The van der Waals surface area contributed by atoms with Crippen LogP contribution in [0.2, 0.25) is 0 Å². The summed E-state index contributed by atoms with van der Waals surface area (Å²) in [5.74, 6) is 2.73. The van der Waals surface area contributed by atoms with Crippen LogP contribution in [-0.4, -0.2) is 23.3 Å². The molecule has 4 heterocycles. The minimum absolute atomic E-state index is 0.621. The first-order valence-electron chi connectivity index (χ1n) is 21.9. The Morgan fingerprint density at radius 1 is 0.603 bits per heavy atom. The quantitative estimate of drug-likeness (QED) is 0.113. The molecule has 1 aliphatic rings.